The Labute approximate surface area is 173 Å². The van der Waals surface area contributed by atoms with E-state index in [9.17, 15) is 9.90 Å². The molecule has 0 aromatic heterocycles. The number of nitrogens with zero attached hydrogens (tertiary/aromatic N) is 1. The second-order valence-corrected chi connectivity index (χ2v) is 7.56. The molecule has 28 heavy (non-hydrogen) atoms. The molecule has 0 spiro atoms. The van der Waals surface area contributed by atoms with Gasteiger partial charge in [-0.3, -0.25) is 9.69 Å². The number of methoxy groups -OCH3 is 3. The predicted molar refractivity (Wildman–Crippen MR) is 109 cm³/mol. The summed E-state index contributed by atoms with van der Waals surface area (Å²) in [6, 6.07) is 10.7. The van der Waals surface area contributed by atoms with Crippen molar-refractivity contribution >= 4 is 21.9 Å². The molecule has 0 saturated carbocycles. The van der Waals surface area contributed by atoms with Gasteiger partial charge in [0.25, 0.3) is 0 Å². The quantitative estimate of drug-likeness (QED) is 0.685. The van der Waals surface area contributed by atoms with Crippen LogP contribution in [0.2, 0.25) is 0 Å². The molecule has 150 valence electrons. The molecule has 1 saturated heterocycles. The van der Waals surface area contributed by atoms with Crippen LogP contribution in [-0.2, 0) is 4.79 Å². The number of rotatable bonds is 7. The van der Waals surface area contributed by atoms with Crippen LogP contribution in [0.1, 0.15) is 30.0 Å². The lowest BCUT2D eigenvalue weighted by Crippen LogP contribution is -2.39. The van der Waals surface area contributed by atoms with Crippen LogP contribution in [0, 0.1) is 0 Å². The standard InChI is InChI=1S/C21H24BrNO5/c1-26-17-12-19(28-3)18(27-2)11-15(17)20(13-6-4-7-14(22)10-13)23-9-5-8-16(23)21(24)25/h4,6-7,10-12,16,20H,5,8-9H2,1-3H3,(H,24,25). The molecule has 0 bridgehead atoms. The highest BCUT2D eigenvalue weighted by molar-refractivity contribution is 9.10. The van der Waals surface area contributed by atoms with E-state index in [4.69, 9.17) is 14.2 Å². The molecule has 0 amide bonds. The maximum absolute atomic E-state index is 11.9. The number of aliphatic carboxylic acids is 1. The molecular formula is C21H24BrNO5. The van der Waals surface area contributed by atoms with E-state index in [0.717, 1.165) is 22.0 Å². The van der Waals surface area contributed by atoms with Crippen LogP contribution >= 0.6 is 15.9 Å². The van der Waals surface area contributed by atoms with E-state index in [1.54, 1.807) is 27.4 Å². The first kappa shape index (κ1) is 20.5. The third kappa shape index (κ3) is 3.95. The van der Waals surface area contributed by atoms with Crippen LogP contribution in [0.25, 0.3) is 0 Å². The van der Waals surface area contributed by atoms with E-state index in [0.29, 0.717) is 30.2 Å². The lowest BCUT2D eigenvalue weighted by atomic mass is 9.95. The SMILES string of the molecule is COc1cc(OC)c(C(c2cccc(Br)c2)N2CCCC2C(=O)O)cc1OC. The Morgan fingerprint density at radius 3 is 2.39 bits per heavy atom. The fraction of sp³-hybridized carbons (Fsp3) is 0.381. The topological polar surface area (TPSA) is 68.2 Å². The smallest absolute Gasteiger partial charge is 0.320 e. The first-order valence-corrected chi connectivity index (χ1v) is 9.83. The second-order valence-electron chi connectivity index (χ2n) is 6.64. The van der Waals surface area contributed by atoms with Crippen molar-refractivity contribution in [1.82, 2.24) is 4.90 Å². The average molecular weight is 450 g/mol. The van der Waals surface area contributed by atoms with Crippen LogP contribution in [-0.4, -0.2) is 49.9 Å². The van der Waals surface area contributed by atoms with E-state index in [1.807, 2.05) is 35.2 Å². The summed E-state index contributed by atoms with van der Waals surface area (Å²) in [5, 5.41) is 9.76. The van der Waals surface area contributed by atoms with Gasteiger partial charge in [-0.15, -0.1) is 0 Å². The first-order chi connectivity index (χ1) is 13.5. The number of likely N-dealkylation sites (tertiary alicyclic amines) is 1. The third-order valence-electron chi connectivity index (χ3n) is 5.11. The highest BCUT2D eigenvalue weighted by Gasteiger charge is 2.38. The normalized spacial score (nSPS) is 17.9. The maximum atomic E-state index is 11.9. The van der Waals surface area contributed by atoms with Crippen molar-refractivity contribution in [3.05, 3.63) is 52.0 Å². The Morgan fingerprint density at radius 1 is 1.11 bits per heavy atom. The molecule has 2 aromatic carbocycles. The van der Waals surface area contributed by atoms with Crippen LogP contribution < -0.4 is 14.2 Å². The highest BCUT2D eigenvalue weighted by Crippen LogP contribution is 2.44. The van der Waals surface area contributed by atoms with Crippen LogP contribution in [0.4, 0.5) is 0 Å². The molecule has 2 unspecified atom stereocenters. The summed E-state index contributed by atoms with van der Waals surface area (Å²) in [5.41, 5.74) is 1.82. The number of carboxylic acid groups (broad SMARTS) is 1. The monoisotopic (exact) mass is 449 g/mol. The summed E-state index contributed by atoms with van der Waals surface area (Å²) in [7, 11) is 4.75. The Kier molecular flexibility index (Phi) is 6.46. The molecule has 2 aromatic rings. The predicted octanol–water partition coefficient (Wildman–Crippen LogP) is 4.11. The average Bonchev–Trinajstić information content (AvgIpc) is 3.17. The fourth-order valence-corrected chi connectivity index (χ4v) is 4.27. The van der Waals surface area contributed by atoms with Gasteiger partial charge in [-0.25, -0.2) is 0 Å². The van der Waals surface area contributed by atoms with E-state index < -0.39 is 12.0 Å². The van der Waals surface area contributed by atoms with E-state index in [1.165, 1.54) is 0 Å². The Balaban J connectivity index is 2.21. The Morgan fingerprint density at radius 2 is 1.79 bits per heavy atom. The summed E-state index contributed by atoms with van der Waals surface area (Å²) in [6.45, 7) is 0.686. The first-order valence-electron chi connectivity index (χ1n) is 9.04. The van der Waals surface area contributed by atoms with Crippen LogP contribution in [0.3, 0.4) is 0 Å². The summed E-state index contributed by atoms with van der Waals surface area (Å²) in [5.74, 6) is 0.951. The van der Waals surface area contributed by atoms with E-state index >= 15 is 0 Å². The number of carbonyl (C=O) groups is 1. The minimum Gasteiger partial charge on any atom is -0.496 e. The Hall–Kier alpha value is -2.25. The van der Waals surface area contributed by atoms with Gasteiger partial charge in [-0.2, -0.15) is 0 Å². The van der Waals surface area contributed by atoms with Crippen molar-refractivity contribution in [2.45, 2.75) is 24.9 Å². The van der Waals surface area contributed by atoms with E-state index in [-0.39, 0.29) is 6.04 Å². The van der Waals surface area contributed by atoms with Gasteiger partial charge < -0.3 is 19.3 Å². The van der Waals surface area contributed by atoms with Gasteiger partial charge in [-0.1, -0.05) is 28.1 Å². The van der Waals surface area contributed by atoms with Crippen molar-refractivity contribution in [2.75, 3.05) is 27.9 Å². The minimum absolute atomic E-state index is 0.296. The Bertz CT molecular complexity index is 857. The minimum atomic E-state index is -0.808. The van der Waals surface area contributed by atoms with Crippen molar-refractivity contribution < 1.29 is 24.1 Å². The molecule has 0 aliphatic carbocycles. The molecule has 1 N–H and O–H groups in total. The van der Waals surface area contributed by atoms with Gasteiger partial charge in [0.15, 0.2) is 11.5 Å². The zero-order chi connectivity index (χ0) is 20.3. The molecule has 2 atom stereocenters. The van der Waals surface area contributed by atoms with Crippen molar-refractivity contribution in [1.29, 1.82) is 0 Å². The number of hydrogen-bond donors (Lipinski definition) is 1. The van der Waals surface area contributed by atoms with Crippen LogP contribution in [0.15, 0.2) is 40.9 Å². The second kappa shape index (κ2) is 8.84. The van der Waals surface area contributed by atoms with Crippen LogP contribution in [0.5, 0.6) is 17.2 Å². The molecule has 1 fully saturated rings. The molecular weight excluding hydrogens is 426 g/mol. The van der Waals surface area contributed by atoms with Crippen molar-refractivity contribution in [3.63, 3.8) is 0 Å². The zero-order valence-corrected chi connectivity index (χ0v) is 17.7. The molecule has 1 heterocycles. The molecule has 6 nitrogen and oxygen atoms in total. The van der Waals surface area contributed by atoms with Gasteiger partial charge in [0.2, 0.25) is 0 Å². The lowest BCUT2D eigenvalue weighted by Gasteiger charge is -2.33. The lowest BCUT2D eigenvalue weighted by molar-refractivity contribution is -0.142. The number of carboxylic acids is 1. The fourth-order valence-electron chi connectivity index (χ4n) is 3.86. The molecule has 3 rings (SSSR count). The van der Waals surface area contributed by atoms with Gasteiger partial charge in [-0.05, 0) is 36.6 Å². The molecule has 0 radical (unpaired) electrons. The zero-order valence-electron chi connectivity index (χ0n) is 16.1. The number of ether oxygens (including phenoxy) is 3. The maximum Gasteiger partial charge on any atom is 0.320 e. The summed E-state index contributed by atoms with van der Waals surface area (Å²) >= 11 is 3.53. The summed E-state index contributed by atoms with van der Waals surface area (Å²) in [6.07, 6.45) is 1.45. The highest BCUT2D eigenvalue weighted by atomic mass is 79.9. The number of hydrogen-bond acceptors (Lipinski definition) is 5. The summed E-state index contributed by atoms with van der Waals surface area (Å²) in [4.78, 5) is 13.9. The number of benzene rings is 2. The summed E-state index contributed by atoms with van der Waals surface area (Å²) < 4.78 is 17.5. The van der Waals surface area contributed by atoms with Gasteiger partial charge in [0.1, 0.15) is 11.8 Å². The molecule has 1 aliphatic heterocycles. The molecule has 7 heteroatoms. The van der Waals surface area contributed by atoms with Crippen molar-refractivity contribution in [3.8, 4) is 17.2 Å². The van der Waals surface area contributed by atoms with Crippen molar-refractivity contribution in [2.24, 2.45) is 0 Å². The van der Waals surface area contributed by atoms with Gasteiger partial charge in [0.05, 0.1) is 27.4 Å². The largest absolute Gasteiger partial charge is 0.496 e. The number of halogens is 1. The van der Waals surface area contributed by atoms with E-state index in [2.05, 4.69) is 15.9 Å². The third-order valence-corrected chi connectivity index (χ3v) is 5.60. The molecule has 1 aliphatic rings. The van der Waals surface area contributed by atoms with Gasteiger partial charge >= 0.3 is 5.97 Å². The van der Waals surface area contributed by atoms with Gasteiger partial charge in [0, 0.05) is 22.6 Å².